The molecule has 0 saturated carbocycles. The van der Waals surface area contributed by atoms with E-state index in [1.807, 2.05) is 24.3 Å². The van der Waals surface area contributed by atoms with E-state index in [2.05, 4.69) is 10.6 Å². The highest BCUT2D eigenvalue weighted by molar-refractivity contribution is 6.35. The zero-order valence-corrected chi connectivity index (χ0v) is 11.7. The van der Waals surface area contributed by atoms with Crippen LogP contribution in [0.15, 0.2) is 42.5 Å². The normalized spacial score (nSPS) is 10.1. The van der Waals surface area contributed by atoms with E-state index >= 15 is 0 Å². The van der Waals surface area contributed by atoms with Gasteiger partial charge in [0.2, 0.25) is 5.91 Å². The lowest BCUT2D eigenvalue weighted by atomic mass is 10.2. The smallest absolute Gasteiger partial charge is 0.221 e. The molecule has 2 aromatic carbocycles. The first-order chi connectivity index (χ1) is 9.04. The minimum absolute atomic E-state index is 0.0985. The van der Waals surface area contributed by atoms with E-state index in [0.29, 0.717) is 10.0 Å². The highest BCUT2D eigenvalue weighted by Crippen LogP contribution is 2.28. The maximum Gasteiger partial charge on any atom is 0.221 e. The molecule has 0 heterocycles. The van der Waals surface area contributed by atoms with Crippen LogP contribution in [0.3, 0.4) is 0 Å². The molecule has 0 saturated heterocycles. The highest BCUT2D eigenvalue weighted by Gasteiger charge is 2.02. The summed E-state index contributed by atoms with van der Waals surface area (Å²) in [6.07, 6.45) is 0. The number of carbonyl (C=O) groups excluding carboxylic acids is 1. The molecule has 0 aliphatic rings. The molecule has 0 atom stereocenters. The molecule has 0 unspecified atom stereocenters. The van der Waals surface area contributed by atoms with E-state index in [4.69, 9.17) is 23.2 Å². The van der Waals surface area contributed by atoms with Crippen molar-refractivity contribution in [2.75, 3.05) is 10.6 Å². The number of halogens is 2. The van der Waals surface area contributed by atoms with Crippen LogP contribution in [-0.2, 0) is 4.79 Å². The summed E-state index contributed by atoms with van der Waals surface area (Å²) in [7, 11) is 0. The number of hydrogen-bond acceptors (Lipinski definition) is 2. The van der Waals surface area contributed by atoms with Crippen molar-refractivity contribution in [1.82, 2.24) is 0 Å². The Bertz CT molecular complexity index is 597. The lowest BCUT2D eigenvalue weighted by Crippen LogP contribution is -2.05. The molecule has 0 spiro atoms. The van der Waals surface area contributed by atoms with Gasteiger partial charge in [-0.25, -0.2) is 0 Å². The summed E-state index contributed by atoms with van der Waals surface area (Å²) in [5, 5.41) is 7.07. The van der Waals surface area contributed by atoms with E-state index in [1.54, 1.807) is 18.2 Å². The van der Waals surface area contributed by atoms with E-state index < -0.39 is 0 Å². The number of amides is 1. The lowest BCUT2D eigenvalue weighted by molar-refractivity contribution is -0.114. The third kappa shape index (κ3) is 3.88. The molecule has 0 aliphatic heterocycles. The topological polar surface area (TPSA) is 41.1 Å². The predicted octanol–water partition coefficient (Wildman–Crippen LogP) is 4.70. The average Bonchev–Trinajstić information content (AvgIpc) is 2.35. The van der Waals surface area contributed by atoms with E-state index in [0.717, 1.165) is 17.1 Å². The molecule has 5 heteroatoms. The Hall–Kier alpha value is -1.71. The summed E-state index contributed by atoms with van der Waals surface area (Å²) in [6.45, 7) is 1.47. The van der Waals surface area contributed by atoms with Gasteiger partial charge in [-0.05, 0) is 42.5 Å². The molecule has 1 amide bonds. The minimum Gasteiger partial charge on any atom is -0.354 e. The van der Waals surface area contributed by atoms with Crippen molar-refractivity contribution in [2.45, 2.75) is 6.92 Å². The molecule has 0 radical (unpaired) electrons. The fourth-order valence-corrected chi connectivity index (χ4v) is 1.93. The van der Waals surface area contributed by atoms with Crippen molar-refractivity contribution in [2.24, 2.45) is 0 Å². The summed E-state index contributed by atoms with van der Waals surface area (Å²) in [4.78, 5) is 10.9. The molecule has 2 aromatic rings. The van der Waals surface area contributed by atoms with Crippen molar-refractivity contribution in [3.05, 3.63) is 52.5 Å². The average molecular weight is 295 g/mol. The first-order valence-corrected chi connectivity index (χ1v) is 6.40. The van der Waals surface area contributed by atoms with Crippen molar-refractivity contribution >= 4 is 46.2 Å². The lowest BCUT2D eigenvalue weighted by Gasteiger charge is -2.09. The molecule has 0 aromatic heterocycles. The standard InChI is InChI=1S/C14H12Cl2N2O/c1-9(19)17-11-3-5-12(6-4-11)18-14-8-10(15)2-7-13(14)16/h2-8,18H,1H3,(H,17,19). The van der Waals surface area contributed by atoms with Gasteiger partial charge in [0.1, 0.15) is 0 Å². The van der Waals surface area contributed by atoms with Gasteiger partial charge in [-0.1, -0.05) is 23.2 Å². The Kier molecular flexibility index (Phi) is 4.30. The maximum atomic E-state index is 10.9. The van der Waals surface area contributed by atoms with Gasteiger partial charge in [-0.3, -0.25) is 4.79 Å². The minimum atomic E-state index is -0.0985. The Balaban J connectivity index is 2.15. The zero-order valence-electron chi connectivity index (χ0n) is 10.2. The molecular weight excluding hydrogens is 283 g/mol. The first kappa shape index (κ1) is 13.7. The summed E-state index contributed by atoms with van der Waals surface area (Å²) < 4.78 is 0. The molecule has 3 nitrogen and oxygen atoms in total. The van der Waals surface area contributed by atoms with Gasteiger partial charge in [-0.2, -0.15) is 0 Å². The van der Waals surface area contributed by atoms with Crippen LogP contribution >= 0.6 is 23.2 Å². The summed E-state index contributed by atoms with van der Waals surface area (Å²) in [6, 6.07) is 12.5. The van der Waals surface area contributed by atoms with Crippen LogP contribution in [0.4, 0.5) is 17.1 Å². The van der Waals surface area contributed by atoms with Gasteiger partial charge in [0.05, 0.1) is 10.7 Å². The fraction of sp³-hybridized carbons (Fsp3) is 0.0714. The van der Waals surface area contributed by atoms with Crippen molar-refractivity contribution < 1.29 is 4.79 Å². The van der Waals surface area contributed by atoms with Crippen LogP contribution in [-0.4, -0.2) is 5.91 Å². The Labute approximate surface area is 121 Å². The molecule has 0 bridgehead atoms. The Morgan fingerprint density at radius 2 is 1.63 bits per heavy atom. The van der Waals surface area contributed by atoms with Crippen LogP contribution in [0.2, 0.25) is 10.0 Å². The van der Waals surface area contributed by atoms with Gasteiger partial charge < -0.3 is 10.6 Å². The number of rotatable bonds is 3. The van der Waals surface area contributed by atoms with Gasteiger partial charge in [-0.15, -0.1) is 0 Å². The monoisotopic (exact) mass is 294 g/mol. The summed E-state index contributed by atoms with van der Waals surface area (Å²) in [5.41, 5.74) is 2.34. The zero-order chi connectivity index (χ0) is 13.8. The predicted molar refractivity (Wildman–Crippen MR) is 80.5 cm³/mol. The van der Waals surface area contributed by atoms with Crippen LogP contribution in [0, 0.1) is 0 Å². The fourth-order valence-electron chi connectivity index (χ4n) is 1.59. The molecule has 19 heavy (non-hydrogen) atoms. The molecule has 98 valence electrons. The number of nitrogens with one attached hydrogen (secondary N) is 2. The third-order valence-electron chi connectivity index (χ3n) is 2.41. The largest absolute Gasteiger partial charge is 0.354 e. The Morgan fingerprint density at radius 3 is 2.26 bits per heavy atom. The second-order valence-corrected chi connectivity index (χ2v) is 4.85. The van der Waals surface area contributed by atoms with Crippen molar-refractivity contribution in [3.8, 4) is 0 Å². The number of hydrogen-bond donors (Lipinski definition) is 2. The van der Waals surface area contributed by atoms with Crippen LogP contribution < -0.4 is 10.6 Å². The molecule has 0 fully saturated rings. The molecular formula is C14H12Cl2N2O. The number of benzene rings is 2. The first-order valence-electron chi connectivity index (χ1n) is 5.64. The molecule has 0 aliphatic carbocycles. The second-order valence-electron chi connectivity index (χ2n) is 4.01. The summed E-state index contributed by atoms with van der Waals surface area (Å²) >= 11 is 12.0. The summed E-state index contributed by atoms with van der Waals surface area (Å²) in [5.74, 6) is -0.0985. The van der Waals surface area contributed by atoms with E-state index in [1.165, 1.54) is 6.92 Å². The van der Waals surface area contributed by atoms with Gasteiger partial charge in [0.25, 0.3) is 0 Å². The highest BCUT2D eigenvalue weighted by atomic mass is 35.5. The van der Waals surface area contributed by atoms with Gasteiger partial charge in [0.15, 0.2) is 0 Å². The molecule has 2 N–H and O–H groups in total. The van der Waals surface area contributed by atoms with Crippen LogP contribution in [0.25, 0.3) is 0 Å². The van der Waals surface area contributed by atoms with E-state index in [9.17, 15) is 4.79 Å². The van der Waals surface area contributed by atoms with Crippen molar-refractivity contribution in [3.63, 3.8) is 0 Å². The van der Waals surface area contributed by atoms with Gasteiger partial charge >= 0.3 is 0 Å². The van der Waals surface area contributed by atoms with Crippen LogP contribution in [0.1, 0.15) is 6.92 Å². The van der Waals surface area contributed by atoms with Crippen molar-refractivity contribution in [1.29, 1.82) is 0 Å². The molecule has 2 rings (SSSR count). The van der Waals surface area contributed by atoms with Gasteiger partial charge in [0, 0.05) is 23.3 Å². The maximum absolute atomic E-state index is 10.9. The Morgan fingerprint density at radius 1 is 1.00 bits per heavy atom. The quantitative estimate of drug-likeness (QED) is 0.862. The van der Waals surface area contributed by atoms with E-state index in [-0.39, 0.29) is 5.91 Å². The third-order valence-corrected chi connectivity index (χ3v) is 2.98. The number of carbonyl (C=O) groups is 1. The SMILES string of the molecule is CC(=O)Nc1ccc(Nc2cc(Cl)ccc2Cl)cc1. The van der Waals surface area contributed by atoms with Crippen LogP contribution in [0.5, 0.6) is 0 Å². The second kappa shape index (κ2) is 5.95. The number of anilines is 3.